The van der Waals surface area contributed by atoms with Crippen molar-refractivity contribution in [3.05, 3.63) is 58.3 Å². The number of rotatable bonds is 3. The van der Waals surface area contributed by atoms with Crippen LogP contribution in [0.1, 0.15) is 52.5 Å². The summed E-state index contributed by atoms with van der Waals surface area (Å²) in [4.78, 5) is 17.2. The number of esters is 1. The number of anilines is 1. The van der Waals surface area contributed by atoms with Gasteiger partial charge < -0.3 is 10.5 Å². The largest absolute Gasteiger partial charge is 0.462 e. The summed E-state index contributed by atoms with van der Waals surface area (Å²) in [6.07, 6.45) is 3.85. The summed E-state index contributed by atoms with van der Waals surface area (Å²) in [7, 11) is 0. The second-order valence-electron chi connectivity index (χ2n) is 7.32. The number of carbonyl (C=O) groups excluding carboxylic acids is 1. The summed E-state index contributed by atoms with van der Waals surface area (Å²) < 4.78 is 5.21. The quantitative estimate of drug-likeness (QED) is 0.659. The Hall–Kier alpha value is -3.39. The Morgan fingerprint density at radius 3 is 2.55 bits per heavy atom. The van der Waals surface area contributed by atoms with Crippen LogP contribution in [0.25, 0.3) is 22.0 Å². The molecule has 0 atom stereocenters. The van der Waals surface area contributed by atoms with Gasteiger partial charge in [-0.1, -0.05) is 30.3 Å². The van der Waals surface area contributed by atoms with Gasteiger partial charge in [-0.15, -0.1) is 0 Å². The van der Waals surface area contributed by atoms with Gasteiger partial charge in [0.25, 0.3) is 0 Å². The highest BCUT2D eigenvalue weighted by atomic mass is 16.5. The number of hydrogen-bond donors (Lipinski definition) is 1. The maximum absolute atomic E-state index is 12.5. The van der Waals surface area contributed by atoms with Gasteiger partial charge in [-0.2, -0.15) is 5.26 Å². The normalized spacial score (nSPS) is 13.0. The van der Waals surface area contributed by atoms with E-state index < -0.39 is 5.97 Å². The molecule has 29 heavy (non-hydrogen) atoms. The van der Waals surface area contributed by atoms with Crippen molar-refractivity contribution in [1.82, 2.24) is 4.98 Å². The van der Waals surface area contributed by atoms with Crippen molar-refractivity contribution in [1.29, 1.82) is 5.26 Å². The number of nitrogen functional groups attached to an aromatic ring is 1. The Morgan fingerprint density at radius 2 is 1.90 bits per heavy atom. The number of aryl methyl sites for hydroxylation is 2. The van der Waals surface area contributed by atoms with Crippen molar-refractivity contribution in [2.75, 3.05) is 12.3 Å². The first kappa shape index (κ1) is 18.9. The van der Waals surface area contributed by atoms with Gasteiger partial charge in [-0.05, 0) is 56.2 Å². The van der Waals surface area contributed by atoms with Crippen LogP contribution >= 0.6 is 0 Å². The molecule has 0 saturated carbocycles. The molecule has 5 nitrogen and oxygen atoms in total. The van der Waals surface area contributed by atoms with E-state index >= 15 is 0 Å². The third-order valence-electron chi connectivity index (χ3n) is 5.63. The number of nitriles is 1. The SMILES string of the molecule is CCOC(=O)c1c(C)nc2c(C#N)c(-c3ccccc3)c3c(c2c1N)CCCC3. The van der Waals surface area contributed by atoms with E-state index in [4.69, 9.17) is 15.5 Å². The molecule has 1 heterocycles. The van der Waals surface area contributed by atoms with Gasteiger partial charge in [0.15, 0.2) is 0 Å². The lowest BCUT2D eigenvalue weighted by Gasteiger charge is -2.25. The third-order valence-corrected chi connectivity index (χ3v) is 5.63. The molecule has 0 aliphatic heterocycles. The lowest BCUT2D eigenvalue weighted by Crippen LogP contribution is -2.15. The predicted octanol–water partition coefficient (Wildman–Crippen LogP) is 4.72. The zero-order valence-corrected chi connectivity index (χ0v) is 16.7. The molecule has 3 aromatic rings. The van der Waals surface area contributed by atoms with Crippen LogP contribution in [0.3, 0.4) is 0 Å². The first-order valence-electron chi connectivity index (χ1n) is 9.98. The minimum atomic E-state index is -0.466. The Kier molecular flexibility index (Phi) is 4.94. The molecule has 1 aliphatic rings. The molecule has 2 aromatic carbocycles. The van der Waals surface area contributed by atoms with E-state index in [2.05, 4.69) is 6.07 Å². The second kappa shape index (κ2) is 7.56. The molecule has 0 bridgehead atoms. The van der Waals surface area contributed by atoms with E-state index in [1.54, 1.807) is 13.8 Å². The number of aromatic nitrogens is 1. The van der Waals surface area contributed by atoms with E-state index in [9.17, 15) is 10.1 Å². The Morgan fingerprint density at radius 1 is 1.21 bits per heavy atom. The fourth-order valence-electron chi connectivity index (χ4n) is 4.43. The Bertz CT molecular complexity index is 1160. The smallest absolute Gasteiger partial charge is 0.342 e. The number of hydrogen-bond acceptors (Lipinski definition) is 5. The van der Waals surface area contributed by atoms with Crippen LogP contribution < -0.4 is 5.73 Å². The molecule has 1 aliphatic carbocycles. The average molecular weight is 385 g/mol. The Balaban J connectivity index is 2.15. The molecule has 0 amide bonds. The van der Waals surface area contributed by atoms with Crippen molar-refractivity contribution < 1.29 is 9.53 Å². The molecule has 146 valence electrons. The fraction of sp³-hybridized carbons (Fsp3) is 0.292. The third kappa shape index (κ3) is 3.01. The van der Waals surface area contributed by atoms with Gasteiger partial charge in [0.1, 0.15) is 11.6 Å². The molecule has 4 rings (SSSR count). The molecular formula is C24H23N3O2. The van der Waals surface area contributed by atoms with Gasteiger partial charge in [-0.3, -0.25) is 4.98 Å². The number of ether oxygens (including phenoxy) is 1. The first-order valence-corrected chi connectivity index (χ1v) is 9.98. The fourth-order valence-corrected chi connectivity index (χ4v) is 4.43. The summed E-state index contributed by atoms with van der Waals surface area (Å²) in [5.41, 5.74) is 13.0. The van der Waals surface area contributed by atoms with Crippen LogP contribution in [0, 0.1) is 18.3 Å². The zero-order valence-electron chi connectivity index (χ0n) is 16.7. The average Bonchev–Trinajstić information content (AvgIpc) is 2.73. The monoisotopic (exact) mass is 385 g/mol. The molecule has 0 radical (unpaired) electrons. The van der Waals surface area contributed by atoms with Crippen LogP contribution in [0.5, 0.6) is 0 Å². The molecule has 0 saturated heterocycles. The van der Waals surface area contributed by atoms with Crippen LogP contribution in [-0.4, -0.2) is 17.6 Å². The summed E-state index contributed by atoms with van der Waals surface area (Å²) in [6.45, 7) is 3.77. The van der Waals surface area contributed by atoms with Gasteiger partial charge >= 0.3 is 5.97 Å². The van der Waals surface area contributed by atoms with E-state index in [1.165, 1.54) is 0 Å². The maximum atomic E-state index is 12.5. The summed E-state index contributed by atoms with van der Waals surface area (Å²) in [5.74, 6) is -0.466. The molecule has 1 aromatic heterocycles. The van der Waals surface area contributed by atoms with Crippen molar-refractivity contribution >= 4 is 22.6 Å². The molecule has 5 heteroatoms. The standard InChI is InChI=1S/C24H23N3O2/c1-3-29-24(28)19-14(2)27-23-18(13-25)20(15-9-5-4-6-10-15)16-11-7-8-12-17(16)21(23)22(19)26/h4-6,9-10H,3,7-8,11-12H2,1-2H3,(H2,26,27). The number of carbonyl (C=O) groups is 1. The maximum Gasteiger partial charge on any atom is 0.342 e. The highest BCUT2D eigenvalue weighted by Gasteiger charge is 2.28. The number of fused-ring (bicyclic) bond motifs is 3. The number of nitrogens with zero attached hydrogens (tertiary/aromatic N) is 2. The van der Waals surface area contributed by atoms with E-state index in [0.717, 1.165) is 53.3 Å². The van der Waals surface area contributed by atoms with E-state index in [-0.39, 0.29) is 6.61 Å². The summed E-state index contributed by atoms with van der Waals surface area (Å²) in [6, 6.07) is 12.4. The van der Waals surface area contributed by atoms with Gasteiger partial charge in [0, 0.05) is 10.9 Å². The molecular weight excluding hydrogens is 362 g/mol. The summed E-state index contributed by atoms with van der Waals surface area (Å²) >= 11 is 0. The molecule has 2 N–H and O–H groups in total. The highest BCUT2D eigenvalue weighted by Crippen LogP contribution is 2.42. The van der Waals surface area contributed by atoms with E-state index in [0.29, 0.717) is 28.0 Å². The van der Waals surface area contributed by atoms with Crippen molar-refractivity contribution in [3.8, 4) is 17.2 Å². The molecule has 0 spiro atoms. The molecule has 0 fully saturated rings. The first-order chi connectivity index (χ1) is 14.1. The van der Waals surface area contributed by atoms with Crippen LogP contribution in [-0.2, 0) is 17.6 Å². The zero-order chi connectivity index (χ0) is 20.5. The van der Waals surface area contributed by atoms with Crippen LogP contribution in [0.4, 0.5) is 5.69 Å². The minimum Gasteiger partial charge on any atom is -0.462 e. The topological polar surface area (TPSA) is 89.0 Å². The minimum absolute atomic E-state index is 0.268. The van der Waals surface area contributed by atoms with Crippen LogP contribution in [0.15, 0.2) is 30.3 Å². The Labute approximate surface area is 170 Å². The van der Waals surface area contributed by atoms with Crippen molar-refractivity contribution in [3.63, 3.8) is 0 Å². The van der Waals surface area contributed by atoms with Crippen LogP contribution in [0.2, 0.25) is 0 Å². The second-order valence-corrected chi connectivity index (χ2v) is 7.32. The number of benzene rings is 2. The van der Waals surface area contributed by atoms with Crippen molar-refractivity contribution in [2.24, 2.45) is 0 Å². The molecule has 0 unspecified atom stereocenters. The van der Waals surface area contributed by atoms with Gasteiger partial charge in [0.2, 0.25) is 0 Å². The van der Waals surface area contributed by atoms with Crippen molar-refractivity contribution in [2.45, 2.75) is 39.5 Å². The number of nitrogens with two attached hydrogens (primary N) is 1. The predicted molar refractivity (Wildman–Crippen MR) is 114 cm³/mol. The van der Waals surface area contributed by atoms with E-state index in [1.807, 2.05) is 30.3 Å². The van der Waals surface area contributed by atoms with Gasteiger partial charge in [-0.25, -0.2) is 4.79 Å². The summed E-state index contributed by atoms with van der Waals surface area (Å²) in [5, 5.41) is 10.8. The number of pyridine rings is 1. The van der Waals surface area contributed by atoms with Gasteiger partial charge in [0.05, 0.1) is 29.1 Å². The highest BCUT2D eigenvalue weighted by molar-refractivity contribution is 6.09. The lowest BCUT2D eigenvalue weighted by molar-refractivity contribution is 0.0526. The lowest BCUT2D eigenvalue weighted by atomic mass is 9.80.